The highest BCUT2D eigenvalue weighted by Gasteiger charge is 2.30. The van der Waals surface area contributed by atoms with Crippen molar-refractivity contribution in [1.29, 1.82) is 0 Å². The molecule has 0 fully saturated rings. The van der Waals surface area contributed by atoms with Crippen LogP contribution in [0.4, 0.5) is 17.6 Å². The van der Waals surface area contributed by atoms with Gasteiger partial charge in [0.05, 0.1) is 5.56 Å². The van der Waals surface area contributed by atoms with Gasteiger partial charge in [-0.15, -0.1) is 0 Å². The minimum absolute atomic E-state index is 0.313. The second kappa shape index (κ2) is 6.05. The average Bonchev–Trinajstić information content (AvgIpc) is 2.40. The summed E-state index contributed by atoms with van der Waals surface area (Å²) in [6, 6.07) is 11.2. The third-order valence-electron chi connectivity index (χ3n) is 2.83. The number of rotatable bonds is 4. The first-order valence-electron chi connectivity index (χ1n) is 6.06. The highest BCUT2D eigenvalue weighted by molar-refractivity contribution is 5.25. The third-order valence-corrected chi connectivity index (χ3v) is 2.83. The summed E-state index contributed by atoms with van der Waals surface area (Å²) < 4.78 is 50.3. The van der Waals surface area contributed by atoms with E-state index in [4.69, 9.17) is 0 Å². The van der Waals surface area contributed by atoms with E-state index in [1.807, 2.05) is 0 Å². The van der Waals surface area contributed by atoms with Crippen LogP contribution in [0.3, 0.4) is 0 Å². The van der Waals surface area contributed by atoms with Crippen molar-refractivity contribution in [2.24, 2.45) is 0 Å². The number of benzene rings is 2. The zero-order chi connectivity index (χ0) is 14.6. The molecule has 0 spiro atoms. The Morgan fingerprint density at radius 2 is 1.50 bits per heavy atom. The van der Waals surface area contributed by atoms with Gasteiger partial charge in [-0.25, -0.2) is 4.39 Å². The molecule has 1 nitrogen and oxygen atoms in total. The summed E-state index contributed by atoms with van der Waals surface area (Å²) in [6.07, 6.45) is -4.33. The quantitative estimate of drug-likeness (QED) is 0.832. The SMILES string of the molecule is Fc1ccc(CNCc2cccc(C(F)(F)F)c2)cc1. The van der Waals surface area contributed by atoms with Crippen LogP contribution in [0.5, 0.6) is 0 Å². The molecule has 5 heteroatoms. The van der Waals surface area contributed by atoms with E-state index in [0.717, 1.165) is 17.7 Å². The van der Waals surface area contributed by atoms with Gasteiger partial charge in [-0.05, 0) is 29.3 Å². The van der Waals surface area contributed by atoms with Crippen molar-refractivity contribution in [2.45, 2.75) is 19.3 Å². The van der Waals surface area contributed by atoms with E-state index in [1.165, 1.54) is 18.2 Å². The molecule has 0 aliphatic heterocycles. The van der Waals surface area contributed by atoms with Gasteiger partial charge in [-0.1, -0.05) is 30.3 Å². The minimum atomic E-state index is -4.33. The van der Waals surface area contributed by atoms with Crippen molar-refractivity contribution >= 4 is 0 Å². The summed E-state index contributed by atoms with van der Waals surface area (Å²) in [5.74, 6) is -0.313. The van der Waals surface area contributed by atoms with E-state index in [9.17, 15) is 17.6 Å². The normalized spacial score (nSPS) is 11.6. The van der Waals surface area contributed by atoms with E-state index in [-0.39, 0.29) is 5.82 Å². The Balaban J connectivity index is 1.93. The number of nitrogens with one attached hydrogen (secondary N) is 1. The lowest BCUT2D eigenvalue weighted by Crippen LogP contribution is -2.13. The van der Waals surface area contributed by atoms with Crippen LogP contribution in [0.25, 0.3) is 0 Å². The Labute approximate surface area is 114 Å². The fourth-order valence-electron chi connectivity index (χ4n) is 1.81. The van der Waals surface area contributed by atoms with Crippen LogP contribution in [0.1, 0.15) is 16.7 Å². The molecule has 0 heterocycles. The van der Waals surface area contributed by atoms with Crippen LogP contribution in [-0.4, -0.2) is 0 Å². The van der Waals surface area contributed by atoms with Gasteiger partial charge in [0.15, 0.2) is 0 Å². The molecule has 0 amide bonds. The molecule has 2 aromatic rings. The van der Waals surface area contributed by atoms with Crippen LogP contribution < -0.4 is 5.32 Å². The second-order valence-corrected chi connectivity index (χ2v) is 4.43. The Hall–Kier alpha value is -1.88. The fraction of sp³-hybridized carbons (Fsp3) is 0.200. The standard InChI is InChI=1S/C15H13F4N/c16-14-6-4-11(5-7-14)9-20-10-12-2-1-3-13(8-12)15(17,18)19/h1-8,20H,9-10H2. The fourth-order valence-corrected chi connectivity index (χ4v) is 1.81. The van der Waals surface area contributed by atoms with Crippen molar-refractivity contribution < 1.29 is 17.6 Å². The molecule has 2 aromatic carbocycles. The molecule has 0 aliphatic rings. The summed E-state index contributed by atoms with van der Waals surface area (Å²) in [7, 11) is 0. The van der Waals surface area contributed by atoms with Crippen LogP contribution in [0.2, 0.25) is 0 Å². The van der Waals surface area contributed by atoms with Gasteiger partial charge in [-0.2, -0.15) is 13.2 Å². The summed E-state index contributed by atoms with van der Waals surface area (Å²) in [5, 5.41) is 3.03. The average molecular weight is 283 g/mol. The molecular weight excluding hydrogens is 270 g/mol. The topological polar surface area (TPSA) is 12.0 Å². The van der Waals surface area contributed by atoms with Gasteiger partial charge in [0.25, 0.3) is 0 Å². The molecule has 0 bridgehead atoms. The van der Waals surface area contributed by atoms with Crippen LogP contribution in [0, 0.1) is 5.82 Å². The molecule has 0 aliphatic carbocycles. The maximum absolute atomic E-state index is 12.7. The highest BCUT2D eigenvalue weighted by atomic mass is 19.4. The monoisotopic (exact) mass is 283 g/mol. The first kappa shape index (κ1) is 14.5. The lowest BCUT2D eigenvalue weighted by molar-refractivity contribution is -0.137. The van der Waals surface area contributed by atoms with Gasteiger partial charge in [0.2, 0.25) is 0 Å². The maximum Gasteiger partial charge on any atom is 0.416 e. The number of hydrogen-bond donors (Lipinski definition) is 1. The smallest absolute Gasteiger partial charge is 0.309 e. The van der Waals surface area contributed by atoms with E-state index in [0.29, 0.717) is 18.7 Å². The summed E-state index contributed by atoms with van der Waals surface area (Å²) in [6.45, 7) is 0.790. The second-order valence-electron chi connectivity index (χ2n) is 4.43. The molecule has 2 rings (SSSR count). The molecular formula is C15H13F4N. The van der Waals surface area contributed by atoms with Crippen molar-refractivity contribution in [3.05, 3.63) is 71.0 Å². The molecule has 0 radical (unpaired) electrons. The Bertz CT molecular complexity index is 561. The Morgan fingerprint density at radius 3 is 2.15 bits per heavy atom. The van der Waals surface area contributed by atoms with E-state index >= 15 is 0 Å². The zero-order valence-corrected chi connectivity index (χ0v) is 10.5. The summed E-state index contributed by atoms with van der Waals surface area (Å²) in [4.78, 5) is 0. The van der Waals surface area contributed by atoms with E-state index < -0.39 is 11.7 Å². The molecule has 20 heavy (non-hydrogen) atoms. The highest BCUT2D eigenvalue weighted by Crippen LogP contribution is 2.29. The van der Waals surface area contributed by atoms with Crippen LogP contribution in [-0.2, 0) is 19.3 Å². The van der Waals surface area contributed by atoms with Gasteiger partial charge in [0.1, 0.15) is 5.82 Å². The summed E-state index contributed by atoms with van der Waals surface area (Å²) >= 11 is 0. The van der Waals surface area contributed by atoms with Gasteiger partial charge in [-0.3, -0.25) is 0 Å². The van der Waals surface area contributed by atoms with Gasteiger partial charge >= 0.3 is 6.18 Å². The van der Waals surface area contributed by atoms with Gasteiger partial charge in [0, 0.05) is 13.1 Å². The molecule has 0 unspecified atom stereocenters. The molecule has 0 atom stereocenters. The molecule has 0 saturated heterocycles. The van der Waals surface area contributed by atoms with Crippen molar-refractivity contribution in [3.63, 3.8) is 0 Å². The van der Waals surface area contributed by atoms with Crippen molar-refractivity contribution in [2.75, 3.05) is 0 Å². The van der Waals surface area contributed by atoms with E-state index in [2.05, 4.69) is 5.32 Å². The third kappa shape index (κ3) is 4.06. The zero-order valence-electron chi connectivity index (χ0n) is 10.5. The number of halogens is 4. The minimum Gasteiger partial charge on any atom is -0.309 e. The van der Waals surface area contributed by atoms with Crippen LogP contribution >= 0.6 is 0 Å². The Morgan fingerprint density at radius 1 is 0.850 bits per heavy atom. The summed E-state index contributed by atoms with van der Waals surface area (Å²) in [5.41, 5.74) is 0.777. The molecule has 106 valence electrons. The predicted octanol–water partition coefficient (Wildman–Crippen LogP) is 4.13. The van der Waals surface area contributed by atoms with Crippen molar-refractivity contribution in [1.82, 2.24) is 5.32 Å². The predicted molar refractivity (Wildman–Crippen MR) is 68.4 cm³/mol. The lowest BCUT2D eigenvalue weighted by atomic mass is 10.1. The van der Waals surface area contributed by atoms with E-state index in [1.54, 1.807) is 18.2 Å². The lowest BCUT2D eigenvalue weighted by Gasteiger charge is -2.09. The largest absolute Gasteiger partial charge is 0.416 e. The molecule has 0 aromatic heterocycles. The number of alkyl halides is 3. The van der Waals surface area contributed by atoms with Crippen LogP contribution in [0.15, 0.2) is 48.5 Å². The molecule has 0 saturated carbocycles. The Kier molecular flexibility index (Phi) is 4.39. The molecule has 1 N–H and O–H groups in total. The van der Waals surface area contributed by atoms with Crippen molar-refractivity contribution in [3.8, 4) is 0 Å². The maximum atomic E-state index is 12.7. The first-order valence-corrected chi connectivity index (χ1v) is 6.06. The van der Waals surface area contributed by atoms with Gasteiger partial charge < -0.3 is 5.32 Å². The number of hydrogen-bond acceptors (Lipinski definition) is 1. The first-order chi connectivity index (χ1) is 9.45.